The Kier molecular flexibility index (Phi) is 6.90. The molecule has 0 saturated heterocycles. The van der Waals surface area contributed by atoms with Gasteiger partial charge in [0.15, 0.2) is 0 Å². The summed E-state index contributed by atoms with van der Waals surface area (Å²) in [6, 6.07) is 3.96. The third-order valence-electron chi connectivity index (χ3n) is 6.81. The van der Waals surface area contributed by atoms with Gasteiger partial charge in [-0.2, -0.15) is 8.78 Å². The first kappa shape index (κ1) is 24.6. The summed E-state index contributed by atoms with van der Waals surface area (Å²) in [4.78, 5) is 15.3. The van der Waals surface area contributed by atoms with Gasteiger partial charge >= 0.3 is 6.61 Å². The summed E-state index contributed by atoms with van der Waals surface area (Å²) in [7, 11) is 0. The van der Waals surface area contributed by atoms with Gasteiger partial charge in [-0.25, -0.2) is 14.4 Å². The van der Waals surface area contributed by atoms with E-state index in [9.17, 15) is 17.6 Å². The number of alkyl halides is 3. The maximum atomic E-state index is 14.4. The van der Waals surface area contributed by atoms with Gasteiger partial charge in [0, 0.05) is 46.8 Å². The number of H-pyrrole nitrogens is 2. The molecule has 0 unspecified atom stereocenters. The predicted molar refractivity (Wildman–Crippen MR) is 129 cm³/mol. The van der Waals surface area contributed by atoms with Crippen LogP contribution in [0.2, 0.25) is 5.02 Å². The Hall–Kier alpha value is -3.11. The first-order valence-electron chi connectivity index (χ1n) is 11.6. The van der Waals surface area contributed by atoms with Gasteiger partial charge in [-0.1, -0.05) is 11.6 Å². The quantitative estimate of drug-likeness (QED) is 0.244. The van der Waals surface area contributed by atoms with Crippen molar-refractivity contribution in [1.29, 1.82) is 0 Å². The van der Waals surface area contributed by atoms with Crippen LogP contribution in [-0.2, 0) is 0 Å². The fourth-order valence-electron chi connectivity index (χ4n) is 4.93. The van der Waals surface area contributed by atoms with Crippen molar-refractivity contribution in [3.05, 3.63) is 64.6 Å². The normalized spacial score (nSPS) is 19.2. The zero-order valence-corrected chi connectivity index (χ0v) is 19.8. The van der Waals surface area contributed by atoms with Gasteiger partial charge in [0.05, 0.1) is 16.9 Å². The SMILES string of the molecule is NC1CCC(c2ncc(-c3cnc4[nH]cc([C@H](CF)c5c(OC(F)F)ccc(F)c5Cl)c4c3)[nH]2)CC1. The lowest BCUT2D eigenvalue weighted by Crippen LogP contribution is -2.26. The summed E-state index contributed by atoms with van der Waals surface area (Å²) in [5.41, 5.74) is 8.11. The van der Waals surface area contributed by atoms with E-state index in [4.69, 9.17) is 17.3 Å². The minimum absolute atomic E-state index is 0.190. The Balaban J connectivity index is 1.53. The summed E-state index contributed by atoms with van der Waals surface area (Å²) in [6.07, 6.45) is 8.72. The number of nitrogens with zero attached hydrogens (tertiary/aromatic N) is 2. The van der Waals surface area contributed by atoms with Crippen molar-refractivity contribution in [2.45, 2.75) is 50.2 Å². The highest BCUT2D eigenvalue weighted by atomic mass is 35.5. The highest BCUT2D eigenvalue weighted by Crippen LogP contribution is 2.42. The summed E-state index contributed by atoms with van der Waals surface area (Å²) in [6.45, 7) is -4.21. The second-order valence-electron chi connectivity index (χ2n) is 9.02. The van der Waals surface area contributed by atoms with E-state index in [1.165, 1.54) is 6.20 Å². The number of hydrogen-bond acceptors (Lipinski definition) is 4. The number of fused-ring (bicyclic) bond motifs is 1. The van der Waals surface area contributed by atoms with Crippen LogP contribution in [-0.4, -0.2) is 39.3 Å². The first-order chi connectivity index (χ1) is 17.4. The van der Waals surface area contributed by atoms with Gasteiger partial charge in [-0.15, -0.1) is 0 Å². The molecule has 1 aromatic carbocycles. The number of ether oxygens (including phenoxy) is 1. The average Bonchev–Trinajstić information content (AvgIpc) is 3.51. The van der Waals surface area contributed by atoms with Crippen molar-refractivity contribution in [2.24, 2.45) is 5.73 Å². The van der Waals surface area contributed by atoms with Gasteiger partial charge in [0.1, 0.15) is 29.7 Å². The molecule has 0 bridgehead atoms. The summed E-state index contributed by atoms with van der Waals surface area (Å²) < 4.78 is 59.3. The fourth-order valence-corrected chi connectivity index (χ4v) is 5.22. The van der Waals surface area contributed by atoms with Gasteiger partial charge in [-0.3, -0.25) is 4.39 Å². The molecular formula is C25H24ClF4N5O. The fraction of sp³-hybridized carbons (Fsp3) is 0.360. The van der Waals surface area contributed by atoms with Crippen LogP contribution < -0.4 is 10.5 Å². The Morgan fingerprint density at radius 3 is 2.64 bits per heavy atom. The summed E-state index contributed by atoms with van der Waals surface area (Å²) >= 11 is 6.12. The number of halogens is 5. The third kappa shape index (κ3) is 4.67. The molecule has 0 aliphatic heterocycles. The van der Waals surface area contributed by atoms with Crippen LogP contribution in [0.5, 0.6) is 5.75 Å². The van der Waals surface area contributed by atoms with Crippen LogP contribution in [0.4, 0.5) is 17.6 Å². The molecule has 6 nitrogen and oxygen atoms in total. The molecule has 1 aliphatic carbocycles. The van der Waals surface area contributed by atoms with E-state index >= 15 is 0 Å². The smallest absolute Gasteiger partial charge is 0.387 e. The standard InChI is InChI=1S/C25H24ClF4N5O/c26-22-18(28)5-6-20(36-25(29)30)21(22)16(8-27)17-10-33-24-15(17)7-13(9-32-24)19-11-34-23(35-19)12-1-3-14(31)4-2-12/h5-7,9-12,14,16,25H,1-4,8,31H2,(H,32,33)(H,34,35)/t12?,14?,16-/m0/s1. The molecule has 0 radical (unpaired) electrons. The second kappa shape index (κ2) is 10.1. The Bertz CT molecular complexity index is 1370. The molecule has 4 aromatic rings. The number of hydrogen-bond donors (Lipinski definition) is 3. The maximum Gasteiger partial charge on any atom is 0.387 e. The lowest BCUT2D eigenvalue weighted by molar-refractivity contribution is -0.0506. The number of imidazole rings is 1. The van der Waals surface area contributed by atoms with E-state index in [1.807, 2.05) is 0 Å². The maximum absolute atomic E-state index is 14.4. The number of nitrogens with two attached hydrogens (primary N) is 1. The van der Waals surface area contributed by atoms with Crippen molar-refractivity contribution in [3.63, 3.8) is 0 Å². The zero-order valence-electron chi connectivity index (χ0n) is 19.1. The van der Waals surface area contributed by atoms with Crippen molar-refractivity contribution < 1.29 is 22.3 Å². The number of aromatic amines is 2. The van der Waals surface area contributed by atoms with Gasteiger partial charge < -0.3 is 20.4 Å². The predicted octanol–water partition coefficient (Wildman–Crippen LogP) is 6.43. The van der Waals surface area contributed by atoms with Crippen LogP contribution in [0.15, 0.2) is 36.8 Å². The largest absolute Gasteiger partial charge is 0.434 e. The highest BCUT2D eigenvalue weighted by Gasteiger charge is 2.28. The molecule has 190 valence electrons. The van der Waals surface area contributed by atoms with Gasteiger partial charge in [-0.05, 0) is 49.4 Å². The van der Waals surface area contributed by atoms with Crippen LogP contribution in [0.25, 0.3) is 22.3 Å². The molecule has 3 aromatic heterocycles. The molecule has 1 atom stereocenters. The lowest BCUT2D eigenvalue weighted by Gasteiger charge is -2.24. The molecule has 5 rings (SSSR count). The molecule has 4 N–H and O–H groups in total. The second-order valence-corrected chi connectivity index (χ2v) is 9.39. The number of rotatable bonds is 7. The number of pyridine rings is 1. The minimum Gasteiger partial charge on any atom is -0.434 e. The van der Waals surface area contributed by atoms with E-state index in [2.05, 4.69) is 24.7 Å². The molecule has 36 heavy (non-hydrogen) atoms. The minimum atomic E-state index is -3.18. The van der Waals surface area contributed by atoms with E-state index in [0.717, 1.165) is 49.3 Å². The van der Waals surface area contributed by atoms with Crippen molar-refractivity contribution >= 4 is 22.6 Å². The topological polar surface area (TPSA) is 92.6 Å². The first-order valence-corrected chi connectivity index (χ1v) is 12.0. The molecule has 1 fully saturated rings. The van der Waals surface area contributed by atoms with E-state index < -0.39 is 30.0 Å². The summed E-state index contributed by atoms with van der Waals surface area (Å²) in [5.74, 6) is -1.23. The van der Waals surface area contributed by atoms with E-state index in [1.54, 1.807) is 18.5 Å². The zero-order chi connectivity index (χ0) is 25.4. The van der Waals surface area contributed by atoms with Crippen LogP contribution in [0.3, 0.4) is 0 Å². The molecule has 0 amide bonds. The highest BCUT2D eigenvalue weighted by molar-refractivity contribution is 6.31. The van der Waals surface area contributed by atoms with Crippen molar-refractivity contribution in [2.75, 3.05) is 6.67 Å². The van der Waals surface area contributed by atoms with Crippen LogP contribution in [0, 0.1) is 5.82 Å². The lowest BCUT2D eigenvalue weighted by atomic mass is 9.86. The number of benzene rings is 1. The molecule has 1 saturated carbocycles. The molecule has 3 heterocycles. The number of nitrogens with one attached hydrogen (secondary N) is 2. The van der Waals surface area contributed by atoms with Crippen LogP contribution >= 0.6 is 11.6 Å². The molecule has 0 spiro atoms. The molecule has 1 aliphatic rings. The monoisotopic (exact) mass is 521 g/mol. The van der Waals surface area contributed by atoms with Crippen LogP contribution in [0.1, 0.15) is 54.5 Å². The molecular weight excluding hydrogens is 498 g/mol. The van der Waals surface area contributed by atoms with E-state index in [-0.39, 0.29) is 17.4 Å². The van der Waals surface area contributed by atoms with Crippen molar-refractivity contribution in [1.82, 2.24) is 19.9 Å². The summed E-state index contributed by atoms with van der Waals surface area (Å²) in [5, 5.41) is 0.0675. The molecule has 11 heteroatoms. The Morgan fingerprint density at radius 1 is 1.14 bits per heavy atom. The van der Waals surface area contributed by atoms with Gasteiger partial charge in [0.2, 0.25) is 0 Å². The average molecular weight is 522 g/mol. The van der Waals surface area contributed by atoms with Crippen molar-refractivity contribution in [3.8, 4) is 17.0 Å². The Labute approximate surface area is 209 Å². The third-order valence-corrected chi connectivity index (χ3v) is 7.20. The number of aromatic nitrogens is 4. The Morgan fingerprint density at radius 2 is 1.92 bits per heavy atom. The van der Waals surface area contributed by atoms with E-state index in [0.29, 0.717) is 28.1 Å². The van der Waals surface area contributed by atoms with Gasteiger partial charge in [0.25, 0.3) is 0 Å².